The van der Waals surface area contributed by atoms with Gasteiger partial charge in [-0.15, -0.1) is 0 Å². The van der Waals surface area contributed by atoms with E-state index in [-0.39, 0.29) is 17.9 Å². The zero-order valence-electron chi connectivity index (χ0n) is 10.3. The Morgan fingerprint density at radius 3 is 2.55 bits per heavy atom. The highest BCUT2D eigenvalue weighted by Crippen LogP contribution is 2.27. The zero-order valence-corrected chi connectivity index (χ0v) is 10.3. The molecule has 0 aliphatic heterocycles. The fourth-order valence-electron chi connectivity index (χ4n) is 1.73. The zero-order chi connectivity index (χ0) is 14.5. The van der Waals surface area contributed by atoms with E-state index in [1.807, 2.05) is 6.07 Å². The van der Waals surface area contributed by atoms with Gasteiger partial charge in [0.15, 0.2) is 5.82 Å². The minimum Gasteiger partial charge on any atom is -0.373 e. The second-order valence-corrected chi connectivity index (χ2v) is 4.05. The molecule has 0 aliphatic rings. The molecule has 0 spiro atoms. The number of nitro benzene ring substituents is 1. The van der Waals surface area contributed by atoms with Gasteiger partial charge in [-0.2, -0.15) is 5.26 Å². The molecule has 2 aromatic carbocycles. The van der Waals surface area contributed by atoms with E-state index in [1.165, 1.54) is 12.1 Å². The summed E-state index contributed by atoms with van der Waals surface area (Å²) in [6, 6.07) is 12.4. The van der Waals surface area contributed by atoms with E-state index in [0.717, 1.165) is 11.6 Å². The fourth-order valence-corrected chi connectivity index (χ4v) is 1.73. The predicted molar refractivity (Wildman–Crippen MR) is 71.5 cm³/mol. The molecule has 0 fully saturated rings. The van der Waals surface area contributed by atoms with Crippen LogP contribution in [-0.4, -0.2) is 4.92 Å². The number of nitro groups is 1. The number of hydrogen-bond acceptors (Lipinski definition) is 4. The highest BCUT2D eigenvalue weighted by atomic mass is 19.1. The molecule has 0 atom stereocenters. The number of para-hydroxylation sites is 1. The van der Waals surface area contributed by atoms with Crippen LogP contribution in [0.4, 0.5) is 15.8 Å². The molecule has 20 heavy (non-hydrogen) atoms. The van der Waals surface area contributed by atoms with Gasteiger partial charge in [-0.05, 0) is 23.8 Å². The van der Waals surface area contributed by atoms with Gasteiger partial charge in [0.05, 0.1) is 16.6 Å². The molecular weight excluding hydrogens is 261 g/mol. The van der Waals surface area contributed by atoms with Gasteiger partial charge in [0.2, 0.25) is 0 Å². The molecule has 0 saturated heterocycles. The highest BCUT2D eigenvalue weighted by molar-refractivity contribution is 5.62. The van der Waals surface area contributed by atoms with Crippen LogP contribution in [0.2, 0.25) is 0 Å². The van der Waals surface area contributed by atoms with Gasteiger partial charge in [-0.1, -0.05) is 18.2 Å². The minimum atomic E-state index is -0.673. The first-order chi connectivity index (χ1) is 9.61. The van der Waals surface area contributed by atoms with Crippen molar-refractivity contribution in [3.8, 4) is 6.07 Å². The summed E-state index contributed by atoms with van der Waals surface area (Å²) in [5.74, 6) is -0.673. The molecule has 2 rings (SSSR count). The van der Waals surface area contributed by atoms with Crippen molar-refractivity contribution < 1.29 is 9.31 Å². The normalized spacial score (nSPS) is 9.80. The Kier molecular flexibility index (Phi) is 3.91. The number of halogens is 1. The maximum atomic E-state index is 13.6. The van der Waals surface area contributed by atoms with Crippen LogP contribution in [0.1, 0.15) is 11.1 Å². The van der Waals surface area contributed by atoms with Crippen molar-refractivity contribution in [1.29, 1.82) is 5.26 Å². The number of nitriles is 1. The van der Waals surface area contributed by atoms with Crippen LogP contribution in [0.5, 0.6) is 0 Å². The number of nitrogens with one attached hydrogen (secondary N) is 1. The van der Waals surface area contributed by atoms with Crippen molar-refractivity contribution in [3.05, 3.63) is 69.5 Å². The number of nitrogens with zero attached hydrogens (tertiary/aromatic N) is 2. The lowest BCUT2D eigenvalue weighted by atomic mass is 10.1. The summed E-state index contributed by atoms with van der Waals surface area (Å²) in [4.78, 5) is 10.2. The summed E-state index contributed by atoms with van der Waals surface area (Å²) in [6.45, 7) is 0.230. The Hall–Kier alpha value is -2.94. The van der Waals surface area contributed by atoms with Crippen LogP contribution in [-0.2, 0) is 6.54 Å². The first kappa shape index (κ1) is 13.5. The Morgan fingerprint density at radius 1 is 1.25 bits per heavy atom. The van der Waals surface area contributed by atoms with Gasteiger partial charge in [-0.3, -0.25) is 10.1 Å². The van der Waals surface area contributed by atoms with Gasteiger partial charge in [0, 0.05) is 12.6 Å². The van der Waals surface area contributed by atoms with E-state index in [0.29, 0.717) is 5.56 Å². The van der Waals surface area contributed by atoms with Crippen molar-refractivity contribution in [2.45, 2.75) is 6.54 Å². The molecule has 0 aliphatic carbocycles. The first-order valence-electron chi connectivity index (χ1n) is 5.77. The number of hydrogen-bond donors (Lipinski definition) is 1. The molecule has 6 heteroatoms. The third-order valence-electron chi connectivity index (χ3n) is 2.74. The average Bonchev–Trinajstić information content (AvgIpc) is 2.46. The third-order valence-corrected chi connectivity index (χ3v) is 2.74. The van der Waals surface area contributed by atoms with E-state index in [9.17, 15) is 14.5 Å². The Labute approximate surface area is 114 Å². The molecule has 0 heterocycles. The Bertz CT molecular complexity index is 678. The largest absolute Gasteiger partial charge is 0.373 e. The summed E-state index contributed by atoms with van der Waals surface area (Å²) >= 11 is 0. The van der Waals surface area contributed by atoms with Gasteiger partial charge >= 0.3 is 0 Å². The molecule has 2 aromatic rings. The molecule has 0 amide bonds. The van der Waals surface area contributed by atoms with Crippen molar-refractivity contribution in [3.63, 3.8) is 0 Å². The Balaban J connectivity index is 2.18. The number of rotatable bonds is 4. The van der Waals surface area contributed by atoms with Crippen LogP contribution in [0.3, 0.4) is 0 Å². The summed E-state index contributed by atoms with van der Waals surface area (Å²) in [5, 5.41) is 22.2. The summed E-state index contributed by atoms with van der Waals surface area (Å²) in [6.07, 6.45) is 0. The second-order valence-electron chi connectivity index (χ2n) is 4.05. The van der Waals surface area contributed by atoms with E-state index in [4.69, 9.17) is 5.26 Å². The standard InChI is InChI=1S/C14H10FN3O2/c15-12-2-1-3-13(18(19)20)14(12)17-9-11-6-4-10(8-16)5-7-11/h1-7,17H,9H2. The van der Waals surface area contributed by atoms with Gasteiger partial charge < -0.3 is 5.32 Å². The molecule has 0 unspecified atom stereocenters. The van der Waals surface area contributed by atoms with Crippen LogP contribution in [0, 0.1) is 27.3 Å². The average molecular weight is 271 g/mol. The predicted octanol–water partition coefficient (Wildman–Crippen LogP) is 3.22. The van der Waals surface area contributed by atoms with Crippen LogP contribution >= 0.6 is 0 Å². The molecule has 0 saturated carbocycles. The molecule has 1 N–H and O–H groups in total. The van der Waals surface area contributed by atoms with Gasteiger partial charge in [0.1, 0.15) is 5.69 Å². The lowest BCUT2D eigenvalue weighted by Gasteiger charge is -2.08. The smallest absolute Gasteiger partial charge is 0.295 e. The van der Waals surface area contributed by atoms with Crippen molar-refractivity contribution in [2.75, 3.05) is 5.32 Å². The maximum absolute atomic E-state index is 13.6. The monoisotopic (exact) mass is 271 g/mol. The van der Waals surface area contributed by atoms with Crippen molar-refractivity contribution in [2.24, 2.45) is 0 Å². The molecule has 0 aromatic heterocycles. The van der Waals surface area contributed by atoms with E-state index in [2.05, 4.69) is 5.32 Å². The molecular formula is C14H10FN3O2. The third kappa shape index (κ3) is 2.90. The molecule has 100 valence electrons. The second kappa shape index (κ2) is 5.80. The lowest BCUT2D eigenvalue weighted by molar-refractivity contribution is -0.384. The SMILES string of the molecule is N#Cc1ccc(CNc2c(F)cccc2[N+](=O)[O-])cc1. The molecule has 0 radical (unpaired) electrons. The van der Waals surface area contributed by atoms with E-state index >= 15 is 0 Å². The number of anilines is 1. The van der Waals surface area contributed by atoms with Gasteiger partial charge in [0.25, 0.3) is 5.69 Å². The van der Waals surface area contributed by atoms with E-state index in [1.54, 1.807) is 24.3 Å². The minimum absolute atomic E-state index is 0.137. The summed E-state index contributed by atoms with van der Waals surface area (Å²) < 4.78 is 13.6. The van der Waals surface area contributed by atoms with Crippen molar-refractivity contribution >= 4 is 11.4 Å². The quantitative estimate of drug-likeness (QED) is 0.684. The maximum Gasteiger partial charge on any atom is 0.295 e. The first-order valence-corrected chi connectivity index (χ1v) is 5.77. The van der Waals surface area contributed by atoms with Gasteiger partial charge in [-0.25, -0.2) is 4.39 Å². The van der Waals surface area contributed by atoms with E-state index < -0.39 is 10.7 Å². The fraction of sp³-hybridized carbons (Fsp3) is 0.0714. The number of benzene rings is 2. The van der Waals surface area contributed by atoms with Crippen molar-refractivity contribution in [1.82, 2.24) is 0 Å². The molecule has 5 nitrogen and oxygen atoms in total. The summed E-state index contributed by atoms with van der Waals surface area (Å²) in [5.41, 5.74) is 0.868. The topological polar surface area (TPSA) is 79.0 Å². The van der Waals surface area contributed by atoms with Crippen LogP contribution < -0.4 is 5.32 Å². The lowest BCUT2D eigenvalue weighted by Crippen LogP contribution is -2.04. The highest BCUT2D eigenvalue weighted by Gasteiger charge is 2.17. The Morgan fingerprint density at radius 2 is 1.95 bits per heavy atom. The molecule has 0 bridgehead atoms. The summed E-state index contributed by atoms with van der Waals surface area (Å²) in [7, 11) is 0. The van der Waals surface area contributed by atoms with Crippen LogP contribution in [0.25, 0.3) is 0 Å². The van der Waals surface area contributed by atoms with Crippen LogP contribution in [0.15, 0.2) is 42.5 Å².